The Labute approximate surface area is 153 Å². The van der Waals surface area contributed by atoms with Crippen molar-refractivity contribution < 1.29 is 4.79 Å². The molecule has 0 bridgehead atoms. The number of aryl methyl sites for hydroxylation is 1. The fourth-order valence-electron chi connectivity index (χ4n) is 3.81. The van der Waals surface area contributed by atoms with E-state index in [1.165, 1.54) is 15.0 Å². The van der Waals surface area contributed by atoms with Crippen LogP contribution in [-0.2, 0) is 17.6 Å². The van der Waals surface area contributed by atoms with E-state index in [0.717, 1.165) is 37.8 Å². The van der Waals surface area contributed by atoms with Gasteiger partial charge in [0.05, 0.1) is 6.42 Å². The van der Waals surface area contributed by atoms with Crippen LogP contribution in [0.4, 0.5) is 0 Å². The maximum atomic E-state index is 12.7. The molecular weight excluding hydrogens is 326 g/mol. The lowest BCUT2D eigenvalue weighted by Crippen LogP contribution is -2.36. The smallest absolute Gasteiger partial charge is 0.227 e. The minimum Gasteiger partial charge on any atom is -0.339 e. The van der Waals surface area contributed by atoms with Gasteiger partial charge in [-0.2, -0.15) is 0 Å². The monoisotopic (exact) mass is 349 g/mol. The van der Waals surface area contributed by atoms with Crippen molar-refractivity contribution in [2.24, 2.45) is 0 Å². The highest BCUT2D eigenvalue weighted by atomic mass is 32.1. The van der Waals surface area contributed by atoms with Crippen LogP contribution in [0, 0.1) is 0 Å². The van der Waals surface area contributed by atoms with E-state index in [1.54, 1.807) is 0 Å². The fraction of sp³-hybridized carbons (Fsp3) is 0.318. The zero-order valence-electron chi connectivity index (χ0n) is 14.4. The summed E-state index contributed by atoms with van der Waals surface area (Å²) >= 11 is 1.89. The highest BCUT2D eigenvalue weighted by Gasteiger charge is 2.28. The summed E-state index contributed by atoms with van der Waals surface area (Å²) in [6, 6.07) is 21.4. The van der Waals surface area contributed by atoms with E-state index in [-0.39, 0.29) is 5.91 Å². The molecule has 0 radical (unpaired) electrons. The number of thiophene rings is 1. The Morgan fingerprint density at radius 3 is 2.72 bits per heavy atom. The number of nitrogens with zero attached hydrogens (tertiary/aromatic N) is 1. The van der Waals surface area contributed by atoms with Crippen LogP contribution in [0.15, 0.2) is 60.7 Å². The van der Waals surface area contributed by atoms with Crippen LogP contribution in [-0.4, -0.2) is 23.4 Å². The summed E-state index contributed by atoms with van der Waals surface area (Å²) in [4.78, 5) is 16.3. The molecule has 0 aliphatic carbocycles. The molecule has 2 aromatic carbocycles. The summed E-state index contributed by atoms with van der Waals surface area (Å²) < 4.78 is 1.36. The third-order valence-electron chi connectivity index (χ3n) is 5.10. The van der Waals surface area contributed by atoms with Gasteiger partial charge >= 0.3 is 0 Å². The Balaban J connectivity index is 1.38. The Morgan fingerprint density at radius 2 is 1.88 bits per heavy atom. The van der Waals surface area contributed by atoms with Crippen LogP contribution >= 0.6 is 11.3 Å². The van der Waals surface area contributed by atoms with E-state index in [4.69, 9.17) is 0 Å². The van der Waals surface area contributed by atoms with Gasteiger partial charge in [0.15, 0.2) is 0 Å². The lowest BCUT2D eigenvalue weighted by Gasteiger charge is -2.24. The van der Waals surface area contributed by atoms with Gasteiger partial charge < -0.3 is 4.90 Å². The van der Waals surface area contributed by atoms with Gasteiger partial charge in [0.2, 0.25) is 5.91 Å². The number of carbonyl (C=O) groups is 1. The van der Waals surface area contributed by atoms with E-state index >= 15 is 0 Å². The van der Waals surface area contributed by atoms with Crippen LogP contribution in [0.25, 0.3) is 10.1 Å². The molecule has 1 amide bonds. The van der Waals surface area contributed by atoms with Gasteiger partial charge in [0, 0.05) is 22.2 Å². The first-order valence-electron chi connectivity index (χ1n) is 9.10. The normalized spacial score (nSPS) is 17.3. The number of hydrogen-bond acceptors (Lipinski definition) is 2. The third-order valence-corrected chi connectivity index (χ3v) is 6.27. The molecule has 0 N–H and O–H groups in total. The van der Waals surface area contributed by atoms with E-state index in [2.05, 4.69) is 35.2 Å². The first kappa shape index (κ1) is 16.3. The predicted octanol–water partition coefficient (Wildman–Crippen LogP) is 5.07. The van der Waals surface area contributed by atoms with E-state index in [0.29, 0.717) is 12.5 Å². The zero-order valence-corrected chi connectivity index (χ0v) is 15.2. The highest BCUT2D eigenvalue weighted by Crippen LogP contribution is 2.29. The Morgan fingerprint density at radius 1 is 1.08 bits per heavy atom. The molecule has 0 spiro atoms. The van der Waals surface area contributed by atoms with Crippen molar-refractivity contribution in [1.29, 1.82) is 0 Å². The lowest BCUT2D eigenvalue weighted by atomic mass is 10.1. The average molecular weight is 349 g/mol. The first-order chi connectivity index (χ1) is 12.3. The molecular formula is C22H23NOS. The molecule has 3 aromatic rings. The molecule has 1 aliphatic rings. The van der Waals surface area contributed by atoms with Crippen molar-refractivity contribution in [3.63, 3.8) is 0 Å². The summed E-state index contributed by atoms with van der Waals surface area (Å²) in [7, 11) is 0. The van der Waals surface area contributed by atoms with Crippen LogP contribution in [0.1, 0.15) is 29.7 Å². The van der Waals surface area contributed by atoms with Gasteiger partial charge in [0.25, 0.3) is 0 Å². The van der Waals surface area contributed by atoms with Gasteiger partial charge in [-0.1, -0.05) is 48.5 Å². The molecule has 1 saturated heterocycles. The number of carbonyl (C=O) groups excluding carboxylic acids is 1. The topological polar surface area (TPSA) is 20.3 Å². The summed E-state index contributed by atoms with van der Waals surface area (Å²) in [5, 5.41) is 1.34. The molecule has 4 rings (SSSR count). The number of rotatable bonds is 5. The van der Waals surface area contributed by atoms with Crippen LogP contribution < -0.4 is 0 Å². The van der Waals surface area contributed by atoms with Crippen molar-refractivity contribution in [2.45, 2.75) is 38.1 Å². The minimum atomic E-state index is 0.282. The number of likely N-dealkylation sites (tertiary alicyclic amines) is 1. The van der Waals surface area contributed by atoms with Crippen LogP contribution in [0.2, 0.25) is 0 Å². The van der Waals surface area contributed by atoms with E-state index in [1.807, 2.05) is 41.7 Å². The first-order valence-corrected chi connectivity index (χ1v) is 9.92. The van der Waals surface area contributed by atoms with Gasteiger partial charge in [0.1, 0.15) is 0 Å². The van der Waals surface area contributed by atoms with Gasteiger partial charge in [-0.15, -0.1) is 11.3 Å². The number of amides is 1. The van der Waals surface area contributed by atoms with Crippen LogP contribution in [0.3, 0.4) is 0 Å². The Hall–Kier alpha value is -2.13. The molecule has 0 unspecified atom stereocenters. The molecule has 1 aromatic heterocycles. The average Bonchev–Trinajstić information content (AvgIpc) is 3.27. The number of benzene rings is 2. The highest BCUT2D eigenvalue weighted by molar-refractivity contribution is 7.19. The van der Waals surface area contributed by atoms with Crippen molar-refractivity contribution in [1.82, 2.24) is 4.90 Å². The lowest BCUT2D eigenvalue weighted by molar-refractivity contribution is -0.131. The SMILES string of the molecule is O=C(Cc1ccccc1)N1CCC[C@H]1CCc1cc2ccccc2s1. The molecule has 25 heavy (non-hydrogen) atoms. The fourth-order valence-corrected chi connectivity index (χ4v) is 4.88. The standard InChI is InChI=1S/C22H23NOS/c24-22(15-17-7-2-1-3-8-17)23-14-6-10-19(23)12-13-20-16-18-9-4-5-11-21(18)25-20/h1-5,7-9,11,16,19H,6,10,12-15H2/t19-/m0/s1. The van der Waals surface area contributed by atoms with Crippen molar-refractivity contribution >= 4 is 27.3 Å². The molecule has 0 saturated carbocycles. The predicted molar refractivity (Wildman–Crippen MR) is 105 cm³/mol. The number of hydrogen-bond donors (Lipinski definition) is 0. The second kappa shape index (κ2) is 7.40. The second-order valence-corrected chi connectivity index (χ2v) is 8.00. The maximum Gasteiger partial charge on any atom is 0.227 e. The van der Waals surface area contributed by atoms with E-state index in [9.17, 15) is 4.79 Å². The summed E-state index contributed by atoms with van der Waals surface area (Å²) in [6.45, 7) is 0.919. The molecule has 1 fully saturated rings. The third kappa shape index (κ3) is 3.77. The molecule has 2 heterocycles. The minimum absolute atomic E-state index is 0.282. The summed E-state index contributed by atoms with van der Waals surface area (Å²) in [5.74, 6) is 0.282. The van der Waals surface area contributed by atoms with Gasteiger partial charge in [-0.05, 0) is 48.8 Å². The van der Waals surface area contributed by atoms with Crippen molar-refractivity contribution in [2.75, 3.05) is 6.54 Å². The maximum absolute atomic E-state index is 12.7. The molecule has 1 aliphatic heterocycles. The molecule has 1 atom stereocenters. The van der Waals surface area contributed by atoms with Crippen molar-refractivity contribution in [3.05, 3.63) is 71.1 Å². The molecule has 3 heteroatoms. The van der Waals surface area contributed by atoms with E-state index < -0.39 is 0 Å². The zero-order chi connectivity index (χ0) is 17.1. The Kier molecular flexibility index (Phi) is 4.84. The van der Waals surface area contributed by atoms with Crippen molar-refractivity contribution in [3.8, 4) is 0 Å². The second-order valence-electron chi connectivity index (χ2n) is 6.83. The van der Waals surface area contributed by atoms with Gasteiger partial charge in [-0.25, -0.2) is 0 Å². The quantitative estimate of drug-likeness (QED) is 0.630. The van der Waals surface area contributed by atoms with Gasteiger partial charge in [-0.3, -0.25) is 4.79 Å². The molecule has 2 nitrogen and oxygen atoms in total. The molecule has 128 valence electrons. The Bertz CT molecular complexity index is 822. The van der Waals surface area contributed by atoms with Crippen LogP contribution in [0.5, 0.6) is 0 Å². The number of fused-ring (bicyclic) bond motifs is 1. The summed E-state index contributed by atoms with van der Waals surface area (Å²) in [5.41, 5.74) is 1.11. The summed E-state index contributed by atoms with van der Waals surface area (Å²) in [6.07, 6.45) is 4.95. The largest absolute Gasteiger partial charge is 0.339 e.